The predicted octanol–water partition coefficient (Wildman–Crippen LogP) is 3.84. The molecule has 0 spiro atoms. The van der Waals surface area contributed by atoms with Crippen molar-refractivity contribution in [3.8, 4) is 5.75 Å². The zero-order chi connectivity index (χ0) is 23.9. The standard InChI is InChI=1S/C27H36N2O4S/c1-3-12-32-18-22(30)16-28(15-21-7-8-21)17-27(31)29-11-9-26-24(10-13-34-26)25(29)19-33-23-6-4-5-20(2)14-23/h3-6,10,13-14,21-22,25,30H,1,7-9,11-12,15-19H2,2H3/t22-,25+/m1/s1. The first-order valence-electron chi connectivity index (χ1n) is 12.2. The van der Waals surface area contributed by atoms with Gasteiger partial charge in [0.2, 0.25) is 5.91 Å². The van der Waals surface area contributed by atoms with Gasteiger partial charge in [-0.05, 0) is 66.8 Å². The molecule has 2 atom stereocenters. The summed E-state index contributed by atoms with van der Waals surface area (Å²) in [6, 6.07) is 10.1. The third-order valence-corrected chi connectivity index (χ3v) is 7.40. The fraction of sp³-hybridized carbons (Fsp3) is 0.519. The number of thiophene rings is 1. The molecule has 1 amide bonds. The Morgan fingerprint density at radius 2 is 2.24 bits per heavy atom. The third-order valence-electron chi connectivity index (χ3n) is 6.40. The number of aryl methyl sites for hydroxylation is 1. The van der Waals surface area contributed by atoms with Crippen molar-refractivity contribution in [3.63, 3.8) is 0 Å². The second-order valence-electron chi connectivity index (χ2n) is 9.40. The summed E-state index contributed by atoms with van der Waals surface area (Å²) in [4.78, 5) is 19.0. The monoisotopic (exact) mass is 484 g/mol. The molecule has 0 radical (unpaired) electrons. The lowest BCUT2D eigenvalue weighted by Gasteiger charge is -2.37. The van der Waals surface area contributed by atoms with Gasteiger partial charge in [0.15, 0.2) is 0 Å². The van der Waals surface area contributed by atoms with Crippen LogP contribution in [-0.2, 0) is 16.0 Å². The van der Waals surface area contributed by atoms with Crippen molar-refractivity contribution in [2.24, 2.45) is 5.92 Å². The minimum Gasteiger partial charge on any atom is -0.491 e. The Morgan fingerprint density at radius 3 is 3.00 bits per heavy atom. The summed E-state index contributed by atoms with van der Waals surface area (Å²) >= 11 is 1.76. The van der Waals surface area contributed by atoms with Crippen molar-refractivity contribution in [3.05, 3.63) is 64.4 Å². The first kappa shape index (κ1) is 24.9. The van der Waals surface area contributed by atoms with Crippen molar-refractivity contribution in [2.45, 2.75) is 38.3 Å². The van der Waals surface area contributed by atoms with E-state index in [0.717, 1.165) is 24.3 Å². The van der Waals surface area contributed by atoms with Gasteiger partial charge in [0.25, 0.3) is 0 Å². The number of fused-ring (bicyclic) bond motifs is 1. The van der Waals surface area contributed by atoms with Crippen LogP contribution in [0.2, 0.25) is 0 Å². The summed E-state index contributed by atoms with van der Waals surface area (Å²) in [5.41, 5.74) is 2.35. The van der Waals surface area contributed by atoms with Gasteiger partial charge in [-0.2, -0.15) is 0 Å². The van der Waals surface area contributed by atoms with E-state index in [0.29, 0.717) is 38.8 Å². The third kappa shape index (κ3) is 6.92. The number of carbonyl (C=O) groups excluding carboxylic acids is 1. The first-order valence-corrected chi connectivity index (χ1v) is 13.1. The lowest BCUT2D eigenvalue weighted by Crippen LogP contribution is -2.48. The Hall–Kier alpha value is -2.19. The van der Waals surface area contributed by atoms with Crippen molar-refractivity contribution < 1.29 is 19.4 Å². The number of aliphatic hydroxyl groups is 1. The van der Waals surface area contributed by atoms with E-state index in [4.69, 9.17) is 9.47 Å². The van der Waals surface area contributed by atoms with Gasteiger partial charge in [-0.25, -0.2) is 0 Å². The smallest absolute Gasteiger partial charge is 0.237 e. The van der Waals surface area contributed by atoms with Gasteiger partial charge in [0.1, 0.15) is 12.4 Å². The Kier molecular flexibility index (Phi) is 8.78. The number of aliphatic hydroxyl groups excluding tert-OH is 1. The number of nitrogens with zero attached hydrogens (tertiary/aromatic N) is 2. The van der Waals surface area contributed by atoms with Crippen LogP contribution in [0.3, 0.4) is 0 Å². The molecule has 0 bridgehead atoms. The summed E-state index contributed by atoms with van der Waals surface area (Å²) in [5.74, 6) is 1.54. The highest BCUT2D eigenvalue weighted by molar-refractivity contribution is 7.10. The quantitative estimate of drug-likeness (QED) is 0.346. The Labute approximate surface area is 206 Å². The SMILES string of the molecule is C=CCOC[C@H](O)CN(CC(=O)N1CCc2sccc2[C@@H]1COc1cccc(C)c1)CC1CC1. The first-order chi connectivity index (χ1) is 16.5. The molecule has 2 aromatic rings. The second-order valence-corrected chi connectivity index (χ2v) is 10.4. The minimum absolute atomic E-state index is 0.0922. The average Bonchev–Trinajstić information content (AvgIpc) is 3.49. The van der Waals surface area contributed by atoms with Crippen molar-refractivity contribution in [1.82, 2.24) is 9.80 Å². The van der Waals surface area contributed by atoms with Crippen molar-refractivity contribution in [2.75, 3.05) is 46.0 Å². The zero-order valence-electron chi connectivity index (χ0n) is 20.0. The largest absolute Gasteiger partial charge is 0.491 e. The van der Waals surface area contributed by atoms with Crippen molar-refractivity contribution in [1.29, 1.82) is 0 Å². The van der Waals surface area contributed by atoms with E-state index in [-0.39, 0.29) is 18.6 Å². The maximum absolute atomic E-state index is 13.6. The molecule has 1 N–H and O–H groups in total. The molecular formula is C27H36N2O4S. The second kappa shape index (κ2) is 12.0. The number of amides is 1. The number of hydrogen-bond acceptors (Lipinski definition) is 6. The molecule has 2 aliphatic rings. The summed E-state index contributed by atoms with van der Waals surface area (Å²) in [5, 5.41) is 12.6. The van der Waals surface area contributed by atoms with Gasteiger partial charge in [-0.1, -0.05) is 18.2 Å². The van der Waals surface area contributed by atoms with Gasteiger partial charge < -0.3 is 19.5 Å². The van der Waals surface area contributed by atoms with E-state index >= 15 is 0 Å². The normalized spacial score (nSPS) is 18.6. The van der Waals surface area contributed by atoms with Gasteiger partial charge >= 0.3 is 0 Å². The molecule has 1 saturated carbocycles. The molecular weight excluding hydrogens is 448 g/mol. The Morgan fingerprint density at radius 1 is 1.38 bits per heavy atom. The predicted molar refractivity (Wildman–Crippen MR) is 135 cm³/mol. The maximum atomic E-state index is 13.6. The molecule has 0 saturated heterocycles. The van der Waals surface area contributed by atoms with Crippen LogP contribution < -0.4 is 4.74 Å². The maximum Gasteiger partial charge on any atom is 0.237 e. The lowest BCUT2D eigenvalue weighted by molar-refractivity contribution is -0.136. The molecule has 184 valence electrons. The van der Waals surface area contributed by atoms with E-state index in [9.17, 15) is 9.90 Å². The molecule has 1 aromatic carbocycles. The fourth-order valence-corrected chi connectivity index (χ4v) is 5.47. The Bertz CT molecular complexity index is 958. The van der Waals surface area contributed by atoms with Crippen LogP contribution in [0.4, 0.5) is 0 Å². The molecule has 7 heteroatoms. The lowest BCUT2D eigenvalue weighted by atomic mass is 10.0. The zero-order valence-corrected chi connectivity index (χ0v) is 20.8. The van der Waals surface area contributed by atoms with Crippen LogP contribution in [0, 0.1) is 12.8 Å². The number of benzene rings is 1. The minimum atomic E-state index is -0.628. The van der Waals surface area contributed by atoms with Crippen molar-refractivity contribution >= 4 is 17.2 Å². The van der Waals surface area contributed by atoms with E-state index in [1.807, 2.05) is 36.1 Å². The highest BCUT2D eigenvalue weighted by Gasteiger charge is 2.34. The molecule has 1 fully saturated rings. The van der Waals surface area contributed by atoms with Crippen LogP contribution in [0.5, 0.6) is 5.75 Å². The van der Waals surface area contributed by atoms with Gasteiger partial charge in [0.05, 0.1) is 31.9 Å². The molecule has 34 heavy (non-hydrogen) atoms. The molecule has 0 unspecified atom stereocenters. The molecule has 2 heterocycles. The van der Waals surface area contributed by atoms with Gasteiger partial charge in [-0.3, -0.25) is 9.69 Å². The summed E-state index contributed by atoms with van der Waals surface area (Å²) in [6.07, 6.45) is 4.31. The number of rotatable bonds is 13. The van der Waals surface area contributed by atoms with E-state index in [1.165, 1.54) is 23.3 Å². The number of carbonyl (C=O) groups is 1. The van der Waals surface area contributed by atoms with Crippen LogP contribution in [0.25, 0.3) is 0 Å². The number of ether oxygens (including phenoxy) is 2. The van der Waals surface area contributed by atoms with E-state index in [1.54, 1.807) is 17.4 Å². The van der Waals surface area contributed by atoms with E-state index in [2.05, 4.69) is 22.9 Å². The fourth-order valence-electron chi connectivity index (χ4n) is 4.54. The summed E-state index contributed by atoms with van der Waals surface area (Å²) < 4.78 is 11.6. The van der Waals surface area contributed by atoms with Crippen LogP contribution in [0.1, 0.15) is 34.9 Å². The topological polar surface area (TPSA) is 62.2 Å². The van der Waals surface area contributed by atoms with Gasteiger partial charge in [-0.15, -0.1) is 17.9 Å². The summed E-state index contributed by atoms with van der Waals surface area (Å²) in [6.45, 7) is 9.04. The summed E-state index contributed by atoms with van der Waals surface area (Å²) in [7, 11) is 0. The van der Waals surface area contributed by atoms with Gasteiger partial charge in [0, 0.05) is 24.5 Å². The highest BCUT2D eigenvalue weighted by Crippen LogP contribution is 2.34. The van der Waals surface area contributed by atoms with Crippen LogP contribution in [-0.4, -0.2) is 72.9 Å². The Balaban J connectivity index is 1.42. The highest BCUT2D eigenvalue weighted by atomic mass is 32.1. The van der Waals surface area contributed by atoms with Crippen LogP contribution in [0.15, 0.2) is 48.4 Å². The molecule has 4 rings (SSSR count). The molecule has 1 aromatic heterocycles. The molecule has 1 aliphatic heterocycles. The average molecular weight is 485 g/mol. The van der Waals surface area contributed by atoms with E-state index < -0.39 is 6.10 Å². The van der Waals surface area contributed by atoms with Crippen LogP contribution >= 0.6 is 11.3 Å². The molecule has 1 aliphatic carbocycles. The molecule has 6 nitrogen and oxygen atoms in total. The number of hydrogen-bond donors (Lipinski definition) is 1.